The molecule has 0 heterocycles. The Labute approximate surface area is 127 Å². The Morgan fingerprint density at radius 3 is 1.56 bits per heavy atom. The van der Waals surface area contributed by atoms with Crippen LogP contribution in [0.3, 0.4) is 0 Å². The van der Waals surface area contributed by atoms with Crippen molar-refractivity contribution in [3.8, 4) is 0 Å². The normalized spacial score (nSPS) is 23.0. The smallest absolute Gasteiger partial charge is 0.0567 e. The van der Waals surface area contributed by atoms with E-state index < -0.39 is 0 Å². The van der Waals surface area contributed by atoms with Crippen molar-refractivity contribution in [1.82, 2.24) is 0 Å². The second-order valence-corrected chi connectivity index (χ2v) is 7.51. The maximum absolute atomic E-state index is 3.75. The molecule has 0 aliphatic heterocycles. The van der Waals surface area contributed by atoms with Crippen molar-refractivity contribution in [2.24, 2.45) is 0 Å². The van der Waals surface area contributed by atoms with Crippen LogP contribution in [0.25, 0.3) is 10.8 Å². The van der Waals surface area contributed by atoms with Gasteiger partial charge < -0.3 is 0 Å². The van der Waals surface area contributed by atoms with Crippen LogP contribution in [-0.2, 0) is 0 Å². The number of rotatable bonds is 0. The summed E-state index contributed by atoms with van der Waals surface area (Å²) in [5.41, 5.74) is 2.72. The molecule has 0 nitrogen and oxygen atoms in total. The van der Waals surface area contributed by atoms with E-state index in [1.165, 1.54) is 21.9 Å². The van der Waals surface area contributed by atoms with E-state index in [1.807, 2.05) is 0 Å². The van der Waals surface area contributed by atoms with Crippen LogP contribution in [-0.4, -0.2) is 0 Å². The monoisotopic (exact) mass is 466 g/mol. The van der Waals surface area contributed by atoms with Crippen molar-refractivity contribution in [3.63, 3.8) is 0 Å². The van der Waals surface area contributed by atoms with Gasteiger partial charge in [-0.25, -0.2) is 0 Å². The molecular formula is C12H6Br4. The molecule has 0 spiro atoms. The van der Waals surface area contributed by atoms with Crippen LogP contribution in [0.1, 0.15) is 20.8 Å². The molecule has 0 amide bonds. The van der Waals surface area contributed by atoms with Gasteiger partial charge in [-0.2, -0.15) is 0 Å². The molecule has 0 bridgehead atoms. The van der Waals surface area contributed by atoms with E-state index in [1.54, 1.807) is 0 Å². The third-order valence-electron chi connectivity index (χ3n) is 2.97. The summed E-state index contributed by atoms with van der Waals surface area (Å²) in [6.45, 7) is 0. The fourth-order valence-corrected chi connectivity index (χ4v) is 4.93. The maximum atomic E-state index is 3.75. The number of hydrogen-bond acceptors (Lipinski definition) is 0. The zero-order chi connectivity index (χ0) is 11.4. The molecule has 3 rings (SSSR count). The zero-order valence-corrected chi connectivity index (χ0v) is 14.3. The molecule has 0 saturated heterocycles. The Morgan fingerprint density at radius 2 is 1.12 bits per heavy atom. The van der Waals surface area contributed by atoms with Crippen molar-refractivity contribution < 1.29 is 0 Å². The fraction of sp³-hybridized carbons (Fsp3) is 0.167. The van der Waals surface area contributed by atoms with Gasteiger partial charge in [0, 0.05) is 14.3 Å². The van der Waals surface area contributed by atoms with Gasteiger partial charge in [-0.15, -0.1) is 0 Å². The average Bonchev–Trinajstić information content (AvgIpc) is 2.50. The van der Waals surface area contributed by atoms with E-state index in [9.17, 15) is 0 Å². The van der Waals surface area contributed by atoms with Gasteiger partial charge in [-0.3, -0.25) is 0 Å². The van der Waals surface area contributed by atoms with Gasteiger partial charge >= 0.3 is 0 Å². The van der Waals surface area contributed by atoms with Crippen molar-refractivity contribution in [1.29, 1.82) is 0 Å². The Balaban J connectivity index is 2.54. The molecule has 2 aromatic rings. The van der Waals surface area contributed by atoms with Crippen LogP contribution in [0.5, 0.6) is 0 Å². The molecule has 16 heavy (non-hydrogen) atoms. The number of hydrogen-bond donors (Lipinski definition) is 0. The first-order valence-corrected chi connectivity index (χ1v) is 8.21. The predicted molar refractivity (Wildman–Crippen MR) is 82.7 cm³/mol. The Bertz CT molecular complexity index is 542. The lowest BCUT2D eigenvalue weighted by atomic mass is 10.1. The Kier molecular flexibility index (Phi) is 2.98. The molecule has 0 N–H and O–H groups in total. The highest BCUT2D eigenvalue weighted by Crippen LogP contribution is 2.54. The van der Waals surface area contributed by atoms with E-state index >= 15 is 0 Å². The number of benzene rings is 2. The zero-order valence-electron chi connectivity index (χ0n) is 7.98. The fourth-order valence-electron chi connectivity index (χ4n) is 2.24. The summed E-state index contributed by atoms with van der Waals surface area (Å²) in [4.78, 5) is 0.708. The second-order valence-electron chi connectivity index (χ2n) is 3.83. The molecule has 0 aromatic heterocycles. The first-order chi connectivity index (χ1) is 7.61. The third kappa shape index (κ3) is 1.49. The molecule has 0 fully saturated rings. The van der Waals surface area contributed by atoms with Gasteiger partial charge in [-0.1, -0.05) is 75.9 Å². The minimum atomic E-state index is 0.354. The average molecular weight is 470 g/mol. The lowest BCUT2D eigenvalue weighted by Crippen LogP contribution is -1.87. The molecule has 2 atom stereocenters. The molecule has 82 valence electrons. The molecule has 0 saturated carbocycles. The minimum absolute atomic E-state index is 0.354. The summed E-state index contributed by atoms with van der Waals surface area (Å²) in [5.74, 6) is 0. The predicted octanol–water partition coefficient (Wildman–Crippen LogP) is 6.25. The van der Waals surface area contributed by atoms with Crippen LogP contribution >= 0.6 is 63.7 Å². The molecule has 0 radical (unpaired) electrons. The van der Waals surface area contributed by atoms with E-state index in [0.717, 1.165) is 8.95 Å². The van der Waals surface area contributed by atoms with Gasteiger partial charge in [0.05, 0.1) is 9.65 Å². The summed E-state index contributed by atoms with van der Waals surface area (Å²) >= 11 is 14.7. The molecule has 1 aliphatic rings. The lowest BCUT2D eigenvalue weighted by Gasteiger charge is -2.06. The van der Waals surface area contributed by atoms with E-state index in [2.05, 4.69) is 88.0 Å². The van der Waals surface area contributed by atoms with Gasteiger partial charge in [0.15, 0.2) is 0 Å². The highest BCUT2D eigenvalue weighted by molar-refractivity contribution is 9.12. The topological polar surface area (TPSA) is 0 Å². The summed E-state index contributed by atoms with van der Waals surface area (Å²) in [6, 6.07) is 8.60. The lowest BCUT2D eigenvalue weighted by molar-refractivity contribution is 0.998. The Hall–Kier alpha value is 0.620. The van der Waals surface area contributed by atoms with Crippen molar-refractivity contribution >= 4 is 74.5 Å². The van der Waals surface area contributed by atoms with Crippen LogP contribution < -0.4 is 0 Å². The largest absolute Gasteiger partial charge is 0.0823 e. The SMILES string of the molecule is Brc1ccc2c3c(ccc(Br)c13)[C@H](Br)[C@H]2Br. The molecule has 0 unspecified atom stereocenters. The van der Waals surface area contributed by atoms with Crippen molar-refractivity contribution in [2.75, 3.05) is 0 Å². The minimum Gasteiger partial charge on any atom is -0.0823 e. The molecule has 4 heteroatoms. The van der Waals surface area contributed by atoms with Gasteiger partial charge in [0.25, 0.3) is 0 Å². The summed E-state index contributed by atoms with van der Waals surface area (Å²) in [6.07, 6.45) is 0. The summed E-state index contributed by atoms with van der Waals surface area (Å²) in [7, 11) is 0. The quantitative estimate of drug-likeness (QED) is 0.400. The molecule has 1 aliphatic carbocycles. The maximum Gasteiger partial charge on any atom is 0.0567 e. The number of alkyl halides is 2. The first-order valence-electron chi connectivity index (χ1n) is 4.80. The number of halogens is 4. The standard InChI is InChI=1S/C12H6Br4/c13-7-3-1-5-9-6(12(16)11(5)15)2-4-8(14)10(7)9/h1-4,11-12H/t11-,12-/m0/s1. The van der Waals surface area contributed by atoms with Crippen LogP contribution in [0.15, 0.2) is 33.2 Å². The van der Waals surface area contributed by atoms with Gasteiger partial charge in [0.1, 0.15) is 0 Å². The van der Waals surface area contributed by atoms with Crippen molar-refractivity contribution in [3.05, 3.63) is 44.3 Å². The van der Waals surface area contributed by atoms with Crippen LogP contribution in [0.4, 0.5) is 0 Å². The van der Waals surface area contributed by atoms with E-state index in [-0.39, 0.29) is 0 Å². The van der Waals surface area contributed by atoms with Crippen LogP contribution in [0.2, 0.25) is 0 Å². The van der Waals surface area contributed by atoms with Gasteiger partial charge in [-0.05, 0) is 28.6 Å². The van der Waals surface area contributed by atoms with Crippen LogP contribution in [0, 0.1) is 0 Å². The molecular weight excluding hydrogens is 464 g/mol. The van der Waals surface area contributed by atoms with Gasteiger partial charge in [0.2, 0.25) is 0 Å². The van der Waals surface area contributed by atoms with Crippen molar-refractivity contribution in [2.45, 2.75) is 9.65 Å². The first kappa shape index (κ1) is 11.7. The summed E-state index contributed by atoms with van der Waals surface area (Å²) < 4.78 is 2.28. The summed E-state index contributed by atoms with van der Waals surface area (Å²) in [5, 5.41) is 2.62. The highest BCUT2D eigenvalue weighted by Gasteiger charge is 2.31. The third-order valence-corrected chi connectivity index (χ3v) is 7.05. The van der Waals surface area contributed by atoms with E-state index in [0.29, 0.717) is 9.65 Å². The Morgan fingerprint density at radius 1 is 0.688 bits per heavy atom. The molecule has 2 aromatic carbocycles. The van der Waals surface area contributed by atoms with E-state index in [4.69, 9.17) is 0 Å². The highest BCUT2D eigenvalue weighted by atomic mass is 79.9. The second kappa shape index (κ2) is 4.08.